The topological polar surface area (TPSA) is 65.6 Å². The van der Waals surface area contributed by atoms with Crippen LogP contribution in [0.1, 0.15) is 64.2 Å². The minimum atomic E-state index is -0.576. The Morgan fingerprint density at radius 2 is 1.67 bits per heavy atom. The number of nitrogens with zero attached hydrogens (tertiary/aromatic N) is 4. The molecule has 1 unspecified atom stereocenters. The van der Waals surface area contributed by atoms with Gasteiger partial charge in [-0.2, -0.15) is 0 Å². The average Bonchev–Trinajstić information content (AvgIpc) is 3.27. The van der Waals surface area contributed by atoms with Crippen LogP contribution < -0.4 is 4.90 Å². The molecular weight excluding hydrogens is 547 g/mol. The maximum absolute atomic E-state index is 14.0. The molecule has 2 aromatic carbocycles. The summed E-state index contributed by atoms with van der Waals surface area (Å²) in [6.07, 6.45) is 0.371. The van der Waals surface area contributed by atoms with Crippen molar-refractivity contribution in [3.63, 3.8) is 0 Å². The summed E-state index contributed by atoms with van der Waals surface area (Å²) in [5.41, 5.74) is 3.69. The van der Waals surface area contributed by atoms with Crippen molar-refractivity contribution >= 4 is 17.7 Å². The lowest BCUT2D eigenvalue weighted by Gasteiger charge is -2.47. The number of carbonyl (C=O) groups is 2. The molecule has 3 aliphatic rings. The Kier molecular flexibility index (Phi) is 9.44. The van der Waals surface area contributed by atoms with E-state index in [9.17, 15) is 14.0 Å². The number of amides is 2. The number of carbonyl (C=O) groups excluding carboxylic acids is 2. The van der Waals surface area contributed by atoms with Crippen LogP contribution in [-0.2, 0) is 20.7 Å². The second-order valence-corrected chi connectivity index (χ2v) is 13.6. The summed E-state index contributed by atoms with van der Waals surface area (Å²) in [4.78, 5) is 35.7. The first kappa shape index (κ1) is 31.4. The molecule has 0 aromatic heterocycles. The van der Waals surface area contributed by atoms with E-state index in [1.807, 2.05) is 49.6 Å². The summed E-state index contributed by atoms with van der Waals surface area (Å²) in [5.74, 6) is 0.0696. The number of morpholine rings is 1. The molecule has 3 heterocycles. The number of anilines is 1. The van der Waals surface area contributed by atoms with E-state index in [2.05, 4.69) is 41.8 Å². The highest BCUT2D eigenvalue weighted by Crippen LogP contribution is 2.37. The molecule has 0 spiro atoms. The van der Waals surface area contributed by atoms with E-state index in [0.29, 0.717) is 39.3 Å². The molecular formula is C34H47FN4O4. The largest absolute Gasteiger partial charge is 0.444 e. The van der Waals surface area contributed by atoms with Gasteiger partial charge in [-0.25, -0.2) is 9.18 Å². The van der Waals surface area contributed by atoms with Gasteiger partial charge in [-0.15, -0.1) is 0 Å². The Labute approximate surface area is 255 Å². The molecule has 3 aliphatic heterocycles. The summed E-state index contributed by atoms with van der Waals surface area (Å²) >= 11 is 0. The zero-order valence-electron chi connectivity index (χ0n) is 26.5. The fourth-order valence-corrected chi connectivity index (χ4v) is 6.51. The van der Waals surface area contributed by atoms with Crippen LogP contribution >= 0.6 is 0 Å². The van der Waals surface area contributed by atoms with Crippen molar-refractivity contribution in [2.24, 2.45) is 0 Å². The molecule has 9 heteroatoms. The molecule has 43 heavy (non-hydrogen) atoms. The molecule has 0 bridgehead atoms. The SMILES string of the molecule is CC1CN(C(=O)CN2C[C@@H](C)N(C(=O)OC(C)(C)C)C[C@@H]2CN2CCOC[C@H]2C)c2cc(Cc3ccc(F)cc3)ccc21. The number of hydrogen-bond acceptors (Lipinski definition) is 6. The normalized spacial score (nSPS) is 25.1. The third-order valence-corrected chi connectivity index (χ3v) is 8.87. The Morgan fingerprint density at radius 1 is 0.953 bits per heavy atom. The van der Waals surface area contributed by atoms with Crippen molar-refractivity contribution < 1.29 is 23.5 Å². The number of ether oxygens (including phenoxy) is 2. The molecule has 4 atom stereocenters. The van der Waals surface area contributed by atoms with E-state index in [-0.39, 0.29) is 48.4 Å². The maximum Gasteiger partial charge on any atom is 0.410 e. The van der Waals surface area contributed by atoms with Gasteiger partial charge in [-0.1, -0.05) is 31.2 Å². The predicted molar refractivity (Wildman–Crippen MR) is 166 cm³/mol. The first-order chi connectivity index (χ1) is 20.4. The van der Waals surface area contributed by atoms with Crippen molar-refractivity contribution in [1.82, 2.24) is 14.7 Å². The van der Waals surface area contributed by atoms with E-state index >= 15 is 0 Å². The first-order valence-corrected chi connectivity index (χ1v) is 15.6. The summed E-state index contributed by atoms with van der Waals surface area (Å²) in [6.45, 7) is 17.0. The van der Waals surface area contributed by atoms with E-state index in [4.69, 9.17) is 9.47 Å². The summed E-state index contributed by atoms with van der Waals surface area (Å²) in [5, 5.41) is 0. The van der Waals surface area contributed by atoms with E-state index < -0.39 is 5.60 Å². The van der Waals surface area contributed by atoms with Crippen molar-refractivity contribution in [2.75, 3.05) is 57.4 Å². The van der Waals surface area contributed by atoms with Crippen LogP contribution in [0, 0.1) is 5.82 Å². The molecule has 0 aliphatic carbocycles. The van der Waals surface area contributed by atoms with Gasteiger partial charge in [0.25, 0.3) is 0 Å². The average molecular weight is 595 g/mol. The summed E-state index contributed by atoms with van der Waals surface area (Å²) in [7, 11) is 0. The molecule has 2 fully saturated rings. The lowest BCUT2D eigenvalue weighted by atomic mass is 9.99. The number of rotatable bonds is 6. The van der Waals surface area contributed by atoms with Crippen LogP contribution in [0.4, 0.5) is 14.9 Å². The van der Waals surface area contributed by atoms with Gasteiger partial charge in [0, 0.05) is 62.5 Å². The molecule has 0 saturated carbocycles. The number of fused-ring (bicyclic) bond motifs is 1. The zero-order valence-corrected chi connectivity index (χ0v) is 26.5. The van der Waals surface area contributed by atoms with E-state index in [1.54, 1.807) is 0 Å². The van der Waals surface area contributed by atoms with Gasteiger partial charge in [0.15, 0.2) is 0 Å². The lowest BCUT2D eigenvalue weighted by Crippen LogP contribution is -2.64. The summed E-state index contributed by atoms with van der Waals surface area (Å²) < 4.78 is 24.9. The van der Waals surface area contributed by atoms with Gasteiger partial charge in [0.1, 0.15) is 11.4 Å². The van der Waals surface area contributed by atoms with Gasteiger partial charge in [-0.3, -0.25) is 14.6 Å². The third kappa shape index (κ3) is 7.56. The second-order valence-electron chi connectivity index (χ2n) is 13.6. The molecule has 8 nitrogen and oxygen atoms in total. The van der Waals surface area contributed by atoms with Crippen molar-refractivity contribution in [3.05, 3.63) is 65.0 Å². The highest BCUT2D eigenvalue weighted by Gasteiger charge is 2.40. The van der Waals surface area contributed by atoms with Crippen LogP contribution in [0.5, 0.6) is 0 Å². The molecule has 2 amide bonds. The Hall–Kier alpha value is -3.01. The first-order valence-electron chi connectivity index (χ1n) is 15.6. The lowest BCUT2D eigenvalue weighted by molar-refractivity contribution is -0.121. The van der Waals surface area contributed by atoms with Crippen LogP contribution in [0.2, 0.25) is 0 Å². The zero-order chi connectivity index (χ0) is 30.9. The molecule has 2 aromatic rings. The van der Waals surface area contributed by atoms with E-state index in [1.165, 1.54) is 17.7 Å². The standard InChI is InChI=1S/C34H47FN4O4/c1-23-17-39(31-16-27(9-12-30(23)31)15-26-7-10-28(35)11-8-26)32(40)21-37-18-24(2)38(33(41)43-34(4,5)6)20-29(37)19-36-13-14-42-22-25(36)3/h7-12,16,23-25,29H,13-15,17-22H2,1-6H3/t23?,24-,25-,29+/m1/s1. The molecule has 2 saturated heterocycles. The van der Waals surface area contributed by atoms with Gasteiger partial charge in [-0.05, 0) is 75.9 Å². The number of hydrogen-bond donors (Lipinski definition) is 0. The third-order valence-electron chi connectivity index (χ3n) is 8.87. The molecule has 234 valence electrons. The summed E-state index contributed by atoms with van der Waals surface area (Å²) in [6, 6.07) is 13.1. The number of piperazine rings is 1. The highest BCUT2D eigenvalue weighted by atomic mass is 19.1. The van der Waals surface area contributed by atoms with Crippen LogP contribution in [0.3, 0.4) is 0 Å². The Balaban J connectivity index is 1.33. The fourth-order valence-electron chi connectivity index (χ4n) is 6.51. The molecule has 0 radical (unpaired) electrons. The van der Waals surface area contributed by atoms with Crippen molar-refractivity contribution in [1.29, 1.82) is 0 Å². The highest BCUT2D eigenvalue weighted by molar-refractivity contribution is 5.97. The predicted octanol–water partition coefficient (Wildman–Crippen LogP) is 4.90. The Bertz CT molecular complexity index is 1300. The van der Waals surface area contributed by atoms with Gasteiger partial charge >= 0.3 is 6.09 Å². The van der Waals surface area contributed by atoms with Gasteiger partial charge in [0.2, 0.25) is 5.91 Å². The van der Waals surface area contributed by atoms with Crippen molar-refractivity contribution in [3.8, 4) is 0 Å². The monoisotopic (exact) mass is 594 g/mol. The second kappa shape index (κ2) is 12.9. The maximum atomic E-state index is 14.0. The molecule has 5 rings (SSSR count). The van der Waals surface area contributed by atoms with Crippen LogP contribution in [0.25, 0.3) is 0 Å². The smallest absolute Gasteiger partial charge is 0.410 e. The minimum Gasteiger partial charge on any atom is -0.444 e. The van der Waals surface area contributed by atoms with Gasteiger partial charge in [0.05, 0.1) is 19.8 Å². The quantitative estimate of drug-likeness (QED) is 0.474. The fraction of sp³-hybridized carbons (Fsp3) is 0.588. The van der Waals surface area contributed by atoms with Crippen LogP contribution in [0.15, 0.2) is 42.5 Å². The number of halogens is 1. The van der Waals surface area contributed by atoms with Crippen LogP contribution in [-0.4, -0.2) is 103 Å². The van der Waals surface area contributed by atoms with E-state index in [0.717, 1.165) is 29.9 Å². The Morgan fingerprint density at radius 3 is 2.37 bits per heavy atom. The van der Waals surface area contributed by atoms with Crippen molar-refractivity contribution in [2.45, 2.75) is 77.6 Å². The minimum absolute atomic E-state index is 0.0162. The molecule has 0 N–H and O–H groups in total. The number of benzene rings is 2. The van der Waals surface area contributed by atoms with Gasteiger partial charge < -0.3 is 19.3 Å².